The van der Waals surface area contributed by atoms with E-state index in [9.17, 15) is 9.59 Å². The van der Waals surface area contributed by atoms with E-state index in [0.29, 0.717) is 5.25 Å². The molecule has 0 aromatic rings. The molecule has 2 amide bonds. The zero-order chi connectivity index (χ0) is 13.8. The number of amides is 2. The summed E-state index contributed by atoms with van der Waals surface area (Å²) < 4.78 is 0. The summed E-state index contributed by atoms with van der Waals surface area (Å²) in [5.41, 5.74) is -1.24. The van der Waals surface area contributed by atoms with Gasteiger partial charge in [0.1, 0.15) is 5.54 Å². The van der Waals surface area contributed by atoms with E-state index in [-0.39, 0.29) is 6.04 Å². The zero-order valence-electron chi connectivity index (χ0n) is 11.2. The first-order valence-corrected chi connectivity index (χ1v) is 7.33. The lowest BCUT2D eigenvalue weighted by atomic mass is 10.1. The first-order chi connectivity index (χ1) is 8.35. The Morgan fingerprint density at radius 1 is 1.39 bits per heavy atom. The average Bonchev–Trinajstić information content (AvgIpc) is 2.64. The van der Waals surface area contributed by atoms with E-state index in [1.54, 1.807) is 0 Å². The summed E-state index contributed by atoms with van der Waals surface area (Å²) >= 11 is 1.92. The van der Waals surface area contributed by atoms with E-state index in [4.69, 9.17) is 5.11 Å². The molecule has 104 valence electrons. The monoisotopic (exact) mass is 274 g/mol. The van der Waals surface area contributed by atoms with Crippen LogP contribution in [0.15, 0.2) is 0 Å². The smallest absolute Gasteiger partial charge is 0.328 e. The van der Waals surface area contributed by atoms with Crippen molar-refractivity contribution in [3.63, 3.8) is 0 Å². The maximum Gasteiger partial charge on any atom is 0.328 e. The predicted octanol–water partition coefficient (Wildman–Crippen LogP) is 1.82. The number of carboxylic acid groups (broad SMARTS) is 1. The maximum absolute atomic E-state index is 11.7. The fraction of sp³-hybridized carbons (Fsp3) is 0.833. The second kappa shape index (κ2) is 6.31. The molecule has 0 spiro atoms. The summed E-state index contributed by atoms with van der Waals surface area (Å²) in [7, 11) is 0. The standard InChI is InChI=1S/C12H22N2O3S/c1-4-18-9-6-5-8(7-9)13-11(17)14-12(2,3)10(15)16/h8-9H,4-7H2,1-3H3,(H,15,16)(H2,13,14,17). The van der Waals surface area contributed by atoms with Crippen LogP contribution in [-0.4, -0.2) is 39.7 Å². The van der Waals surface area contributed by atoms with Crippen molar-refractivity contribution in [3.05, 3.63) is 0 Å². The molecule has 1 aliphatic rings. The van der Waals surface area contributed by atoms with Crippen LogP contribution >= 0.6 is 11.8 Å². The molecule has 1 aliphatic carbocycles. The molecular formula is C12H22N2O3S. The van der Waals surface area contributed by atoms with E-state index < -0.39 is 17.5 Å². The maximum atomic E-state index is 11.7. The van der Waals surface area contributed by atoms with Crippen molar-refractivity contribution in [3.8, 4) is 0 Å². The lowest BCUT2D eigenvalue weighted by Crippen LogP contribution is -2.54. The molecule has 0 radical (unpaired) electrons. The van der Waals surface area contributed by atoms with Gasteiger partial charge >= 0.3 is 12.0 Å². The largest absolute Gasteiger partial charge is 0.480 e. The molecule has 0 bridgehead atoms. The first-order valence-electron chi connectivity index (χ1n) is 6.29. The van der Waals surface area contributed by atoms with Gasteiger partial charge in [0.05, 0.1) is 0 Å². The highest BCUT2D eigenvalue weighted by Crippen LogP contribution is 2.29. The summed E-state index contributed by atoms with van der Waals surface area (Å²) in [6, 6.07) is -0.229. The Bertz CT molecular complexity index is 320. The number of nitrogens with one attached hydrogen (secondary N) is 2. The number of carbonyl (C=O) groups excluding carboxylic acids is 1. The van der Waals surface area contributed by atoms with E-state index in [1.807, 2.05) is 11.8 Å². The van der Waals surface area contributed by atoms with Crippen molar-refractivity contribution < 1.29 is 14.7 Å². The second-order valence-electron chi connectivity index (χ2n) is 5.12. The second-order valence-corrected chi connectivity index (χ2v) is 6.69. The van der Waals surface area contributed by atoms with Crippen LogP contribution in [0.5, 0.6) is 0 Å². The molecule has 0 heterocycles. The third kappa shape index (κ3) is 4.40. The van der Waals surface area contributed by atoms with Crippen molar-refractivity contribution in [2.45, 2.75) is 56.9 Å². The molecule has 18 heavy (non-hydrogen) atoms. The molecule has 0 aromatic heterocycles. The molecule has 6 heteroatoms. The highest BCUT2D eigenvalue weighted by atomic mass is 32.2. The Hall–Kier alpha value is -0.910. The van der Waals surface area contributed by atoms with Crippen LogP contribution in [-0.2, 0) is 4.79 Å². The summed E-state index contributed by atoms with van der Waals surface area (Å²) in [6.45, 7) is 5.08. The fourth-order valence-corrected chi connectivity index (χ4v) is 3.16. The molecule has 0 aromatic carbocycles. The number of urea groups is 1. The highest BCUT2D eigenvalue weighted by Gasteiger charge is 2.31. The molecule has 2 atom stereocenters. The van der Waals surface area contributed by atoms with Gasteiger partial charge in [-0.1, -0.05) is 6.92 Å². The third-order valence-electron chi connectivity index (χ3n) is 3.08. The van der Waals surface area contributed by atoms with Crippen molar-refractivity contribution in [1.82, 2.24) is 10.6 Å². The zero-order valence-corrected chi connectivity index (χ0v) is 12.0. The van der Waals surface area contributed by atoms with Crippen LogP contribution in [0.3, 0.4) is 0 Å². The number of hydrogen-bond donors (Lipinski definition) is 3. The number of rotatable bonds is 5. The molecule has 3 N–H and O–H groups in total. The molecular weight excluding hydrogens is 252 g/mol. The van der Waals surface area contributed by atoms with E-state index in [1.165, 1.54) is 13.8 Å². The minimum atomic E-state index is -1.24. The Labute approximate surface area is 112 Å². The molecule has 0 aliphatic heterocycles. The van der Waals surface area contributed by atoms with E-state index in [2.05, 4.69) is 17.6 Å². The predicted molar refractivity (Wildman–Crippen MR) is 72.9 cm³/mol. The Morgan fingerprint density at radius 3 is 2.61 bits per heavy atom. The third-order valence-corrected chi connectivity index (χ3v) is 4.32. The summed E-state index contributed by atoms with van der Waals surface area (Å²) in [4.78, 5) is 22.6. The minimum absolute atomic E-state index is 0.165. The Kier molecular flexibility index (Phi) is 5.31. The number of aliphatic carboxylic acids is 1. The van der Waals surface area contributed by atoms with Crippen LogP contribution in [0.2, 0.25) is 0 Å². The summed E-state index contributed by atoms with van der Waals surface area (Å²) in [5.74, 6) is 0.0544. The number of carboxylic acids is 1. The van der Waals surface area contributed by atoms with Gasteiger partial charge in [-0.3, -0.25) is 0 Å². The van der Waals surface area contributed by atoms with Gasteiger partial charge in [-0.2, -0.15) is 11.8 Å². The Balaban J connectivity index is 2.36. The minimum Gasteiger partial charge on any atom is -0.480 e. The van der Waals surface area contributed by atoms with Gasteiger partial charge in [-0.05, 0) is 38.9 Å². The van der Waals surface area contributed by atoms with Gasteiger partial charge in [0, 0.05) is 11.3 Å². The van der Waals surface area contributed by atoms with Gasteiger partial charge in [-0.15, -0.1) is 0 Å². The topological polar surface area (TPSA) is 78.4 Å². The van der Waals surface area contributed by atoms with Crippen LogP contribution in [0.1, 0.15) is 40.0 Å². The van der Waals surface area contributed by atoms with Crippen molar-refractivity contribution >= 4 is 23.8 Å². The molecule has 5 nitrogen and oxygen atoms in total. The molecule has 0 saturated heterocycles. The average molecular weight is 274 g/mol. The molecule has 1 saturated carbocycles. The van der Waals surface area contributed by atoms with Crippen LogP contribution in [0.4, 0.5) is 4.79 Å². The lowest BCUT2D eigenvalue weighted by molar-refractivity contribution is -0.142. The summed E-state index contributed by atoms with van der Waals surface area (Å²) in [6.07, 6.45) is 3.06. The van der Waals surface area contributed by atoms with Crippen molar-refractivity contribution in [2.75, 3.05) is 5.75 Å². The van der Waals surface area contributed by atoms with Crippen molar-refractivity contribution in [1.29, 1.82) is 0 Å². The number of carbonyl (C=O) groups is 2. The quantitative estimate of drug-likeness (QED) is 0.714. The Morgan fingerprint density at radius 2 is 2.06 bits per heavy atom. The number of hydrogen-bond acceptors (Lipinski definition) is 3. The van der Waals surface area contributed by atoms with Crippen molar-refractivity contribution in [2.24, 2.45) is 0 Å². The van der Waals surface area contributed by atoms with E-state index >= 15 is 0 Å². The number of thioether (sulfide) groups is 1. The molecule has 2 unspecified atom stereocenters. The molecule has 1 rings (SSSR count). The van der Waals surface area contributed by atoms with E-state index in [0.717, 1.165) is 25.0 Å². The fourth-order valence-electron chi connectivity index (χ4n) is 2.02. The first kappa shape index (κ1) is 15.1. The van der Waals surface area contributed by atoms with Gasteiger partial charge in [-0.25, -0.2) is 9.59 Å². The van der Waals surface area contributed by atoms with Gasteiger partial charge < -0.3 is 15.7 Å². The van der Waals surface area contributed by atoms with Gasteiger partial charge in [0.15, 0.2) is 0 Å². The normalized spacial score (nSPS) is 23.7. The van der Waals surface area contributed by atoms with Crippen LogP contribution < -0.4 is 10.6 Å². The van der Waals surface area contributed by atoms with Gasteiger partial charge in [0.2, 0.25) is 0 Å². The van der Waals surface area contributed by atoms with Crippen LogP contribution in [0, 0.1) is 0 Å². The highest BCUT2D eigenvalue weighted by molar-refractivity contribution is 7.99. The lowest BCUT2D eigenvalue weighted by Gasteiger charge is -2.23. The van der Waals surface area contributed by atoms with Gasteiger partial charge in [0.25, 0.3) is 0 Å². The SMILES string of the molecule is CCSC1CCC(NC(=O)NC(C)(C)C(=O)O)C1. The summed E-state index contributed by atoms with van der Waals surface area (Å²) in [5, 5.41) is 14.9. The molecule has 1 fully saturated rings. The van der Waals surface area contributed by atoms with Crippen LogP contribution in [0.25, 0.3) is 0 Å².